The molecular weight excluding hydrogens is 1100 g/mol. The lowest BCUT2D eigenvalue weighted by molar-refractivity contribution is -0.359. The van der Waals surface area contributed by atoms with Gasteiger partial charge in [0.2, 0.25) is 5.91 Å². The molecule has 14 heteroatoms. The van der Waals surface area contributed by atoms with Crippen LogP contribution in [0.2, 0.25) is 0 Å². The maximum Gasteiger partial charge on any atom is 0.220 e. The minimum atomic E-state index is -1.79. The number of nitrogens with one attached hydrogen (secondary N) is 1. The standard InChI is InChI=1S/C73H131NO13/c1-3-5-7-9-11-13-15-17-19-21-23-24-25-26-27-28-29-30-31-32-33-34-35-36-37-38-39-41-43-45-47-49-51-53-55-57-65(78)74-61(62(77)56-54-52-50-48-46-44-42-40-22-20-18-16-14-12-10-8-6-4-2)60-84-72-70(83)68(81)71(64(59-76)86-72)87-73-69(82)67(80)66(79)63(58-75)85-73/h5,7,11,13,17,19,23-24,46,48,54,56,61-64,66-73,75-77,79-83H,3-4,6,8-10,12,14-16,18,20-22,25-45,47,49-53,55,57-60H2,1-2H3,(H,74,78)/b7-5-,13-11-,19-17-,24-23-,48-46+,56-54+. The molecule has 14 nitrogen and oxygen atoms in total. The van der Waals surface area contributed by atoms with Gasteiger partial charge < -0.3 is 65.1 Å². The Morgan fingerprint density at radius 1 is 0.425 bits per heavy atom. The highest BCUT2D eigenvalue weighted by Crippen LogP contribution is 2.30. The summed E-state index contributed by atoms with van der Waals surface area (Å²) in [5.74, 6) is -0.246. The first-order chi connectivity index (χ1) is 42.6. The molecule has 87 heavy (non-hydrogen) atoms. The number of aliphatic hydroxyl groups is 8. The number of allylic oxidation sites excluding steroid dienone is 11. The van der Waals surface area contributed by atoms with Crippen LogP contribution in [0.25, 0.3) is 0 Å². The normalized spacial score (nSPS) is 23.7. The Balaban J connectivity index is 1.62. The van der Waals surface area contributed by atoms with Crippen LogP contribution in [-0.4, -0.2) is 140 Å². The Bertz CT molecular complexity index is 1740. The van der Waals surface area contributed by atoms with Gasteiger partial charge in [0.25, 0.3) is 0 Å². The van der Waals surface area contributed by atoms with Crippen molar-refractivity contribution in [2.75, 3.05) is 19.8 Å². The summed E-state index contributed by atoms with van der Waals surface area (Å²) in [4.78, 5) is 13.3. The molecule has 12 atom stereocenters. The smallest absolute Gasteiger partial charge is 0.220 e. The average molecular weight is 1230 g/mol. The molecule has 2 fully saturated rings. The quantitative estimate of drug-likeness (QED) is 0.0204. The number of unbranched alkanes of at least 4 members (excludes halogenated alkanes) is 35. The Morgan fingerprint density at radius 2 is 0.805 bits per heavy atom. The average Bonchev–Trinajstić information content (AvgIpc) is 3.71. The molecule has 0 aromatic carbocycles. The van der Waals surface area contributed by atoms with Crippen LogP contribution in [0.15, 0.2) is 72.9 Å². The molecule has 0 aliphatic carbocycles. The van der Waals surface area contributed by atoms with Crippen LogP contribution in [0.5, 0.6) is 0 Å². The van der Waals surface area contributed by atoms with Gasteiger partial charge in [-0.15, -0.1) is 0 Å². The van der Waals surface area contributed by atoms with Crippen LogP contribution in [0.1, 0.15) is 290 Å². The third-order valence-corrected chi connectivity index (χ3v) is 17.1. The lowest BCUT2D eigenvalue weighted by Crippen LogP contribution is -2.65. The Hall–Kier alpha value is -2.57. The van der Waals surface area contributed by atoms with Gasteiger partial charge in [-0.05, 0) is 70.6 Å². The maximum atomic E-state index is 13.3. The van der Waals surface area contributed by atoms with Crippen LogP contribution in [0.4, 0.5) is 0 Å². The van der Waals surface area contributed by atoms with Gasteiger partial charge in [-0.3, -0.25) is 4.79 Å². The fourth-order valence-corrected chi connectivity index (χ4v) is 11.5. The van der Waals surface area contributed by atoms with E-state index in [0.717, 1.165) is 57.8 Å². The number of carbonyl (C=O) groups excluding carboxylic acids is 1. The number of rotatable bonds is 58. The van der Waals surface area contributed by atoms with Gasteiger partial charge in [-0.25, -0.2) is 0 Å². The number of ether oxygens (including phenoxy) is 4. The first-order valence-corrected chi connectivity index (χ1v) is 35.7. The molecule has 0 bridgehead atoms. The van der Waals surface area contributed by atoms with E-state index in [2.05, 4.69) is 79.9 Å². The minimum absolute atomic E-state index is 0.246. The molecule has 2 aliphatic rings. The minimum Gasteiger partial charge on any atom is -0.394 e. The highest BCUT2D eigenvalue weighted by atomic mass is 16.7. The first-order valence-electron chi connectivity index (χ1n) is 35.7. The van der Waals surface area contributed by atoms with E-state index in [9.17, 15) is 45.6 Å². The molecule has 2 rings (SSSR count). The van der Waals surface area contributed by atoms with Gasteiger partial charge in [0.05, 0.1) is 32.0 Å². The highest BCUT2D eigenvalue weighted by Gasteiger charge is 2.51. The van der Waals surface area contributed by atoms with E-state index >= 15 is 0 Å². The number of amides is 1. The van der Waals surface area contributed by atoms with Crippen LogP contribution < -0.4 is 5.32 Å². The van der Waals surface area contributed by atoms with Crippen molar-refractivity contribution in [2.45, 2.75) is 364 Å². The SMILES string of the molecule is CC/C=C\C/C=C\C/C=C\C/C=C\CCCCCCCCCCCCCCCCCCCCCCCCC(=O)NC(COC1OC(CO)C(OC2OC(CO)C(O)C(O)C2O)C(O)C1O)C(O)/C=C/CC/C=C/CCCCCCCCCCCCCC. The Labute approximate surface area is 529 Å². The first kappa shape index (κ1) is 80.5. The zero-order valence-corrected chi connectivity index (χ0v) is 55.0. The van der Waals surface area contributed by atoms with E-state index < -0.39 is 86.8 Å². The van der Waals surface area contributed by atoms with Gasteiger partial charge in [0.1, 0.15) is 48.8 Å². The van der Waals surface area contributed by atoms with Crippen molar-refractivity contribution in [1.29, 1.82) is 0 Å². The molecule has 506 valence electrons. The molecule has 0 spiro atoms. The lowest BCUT2D eigenvalue weighted by Gasteiger charge is -2.46. The molecule has 2 saturated heterocycles. The Morgan fingerprint density at radius 3 is 1.26 bits per heavy atom. The van der Waals surface area contributed by atoms with Crippen molar-refractivity contribution in [2.24, 2.45) is 0 Å². The van der Waals surface area contributed by atoms with Crippen LogP contribution in [-0.2, 0) is 23.7 Å². The molecule has 0 aromatic heterocycles. The highest BCUT2D eigenvalue weighted by molar-refractivity contribution is 5.76. The molecule has 9 N–H and O–H groups in total. The van der Waals surface area contributed by atoms with Crippen molar-refractivity contribution in [1.82, 2.24) is 5.32 Å². The van der Waals surface area contributed by atoms with Gasteiger partial charge in [-0.1, -0.05) is 286 Å². The monoisotopic (exact) mass is 1230 g/mol. The molecule has 2 heterocycles. The number of carbonyl (C=O) groups is 1. The summed E-state index contributed by atoms with van der Waals surface area (Å²) >= 11 is 0. The summed E-state index contributed by atoms with van der Waals surface area (Å²) in [7, 11) is 0. The second-order valence-corrected chi connectivity index (χ2v) is 25.0. The van der Waals surface area contributed by atoms with Crippen LogP contribution in [0.3, 0.4) is 0 Å². The molecule has 1 amide bonds. The van der Waals surface area contributed by atoms with E-state index in [1.54, 1.807) is 6.08 Å². The van der Waals surface area contributed by atoms with E-state index in [0.29, 0.717) is 12.8 Å². The number of hydrogen-bond donors (Lipinski definition) is 9. The lowest BCUT2D eigenvalue weighted by atomic mass is 9.97. The van der Waals surface area contributed by atoms with Crippen molar-refractivity contribution >= 4 is 5.91 Å². The van der Waals surface area contributed by atoms with E-state index in [-0.39, 0.29) is 18.9 Å². The summed E-state index contributed by atoms with van der Waals surface area (Å²) in [6.45, 7) is 2.69. The van der Waals surface area contributed by atoms with Crippen molar-refractivity contribution in [3.05, 3.63) is 72.9 Å². The fourth-order valence-electron chi connectivity index (χ4n) is 11.5. The number of aliphatic hydroxyl groups excluding tert-OH is 8. The van der Waals surface area contributed by atoms with E-state index in [1.165, 1.54) is 199 Å². The largest absolute Gasteiger partial charge is 0.394 e. The topological polar surface area (TPSA) is 228 Å². The molecule has 0 saturated carbocycles. The molecule has 0 aromatic rings. The fraction of sp³-hybridized carbons (Fsp3) is 0.822. The molecule has 0 radical (unpaired) electrons. The summed E-state index contributed by atoms with van der Waals surface area (Å²) < 4.78 is 22.8. The molecular formula is C73H131NO13. The van der Waals surface area contributed by atoms with Gasteiger partial charge in [0.15, 0.2) is 12.6 Å². The predicted octanol–water partition coefficient (Wildman–Crippen LogP) is 14.6. The van der Waals surface area contributed by atoms with Gasteiger partial charge >= 0.3 is 0 Å². The summed E-state index contributed by atoms with van der Waals surface area (Å²) in [5, 5.41) is 87.4. The van der Waals surface area contributed by atoms with Gasteiger partial charge in [-0.2, -0.15) is 0 Å². The van der Waals surface area contributed by atoms with E-state index in [1.807, 2.05) is 6.08 Å². The summed E-state index contributed by atoms with van der Waals surface area (Å²) in [6, 6.07) is -0.933. The molecule has 12 unspecified atom stereocenters. The van der Waals surface area contributed by atoms with E-state index in [4.69, 9.17) is 18.9 Å². The number of hydrogen-bond acceptors (Lipinski definition) is 13. The zero-order valence-electron chi connectivity index (χ0n) is 55.0. The van der Waals surface area contributed by atoms with Crippen molar-refractivity contribution in [3.8, 4) is 0 Å². The third-order valence-electron chi connectivity index (χ3n) is 17.1. The van der Waals surface area contributed by atoms with Crippen LogP contribution >= 0.6 is 0 Å². The van der Waals surface area contributed by atoms with Crippen molar-refractivity contribution in [3.63, 3.8) is 0 Å². The zero-order chi connectivity index (χ0) is 63.1. The predicted molar refractivity (Wildman–Crippen MR) is 355 cm³/mol. The Kier molecular flexibility index (Phi) is 53.1. The second-order valence-electron chi connectivity index (χ2n) is 25.0. The van der Waals surface area contributed by atoms with Crippen LogP contribution in [0, 0.1) is 0 Å². The van der Waals surface area contributed by atoms with Gasteiger partial charge in [0, 0.05) is 6.42 Å². The summed E-state index contributed by atoms with van der Waals surface area (Å²) in [5.41, 5.74) is 0. The molecule has 2 aliphatic heterocycles. The van der Waals surface area contributed by atoms with Crippen molar-refractivity contribution < 1.29 is 64.6 Å². The maximum absolute atomic E-state index is 13.3. The summed E-state index contributed by atoms with van der Waals surface area (Å²) in [6.07, 6.45) is 61.1. The second kappa shape index (κ2) is 57.3. The third kappa shape index (κ3) is 41.5.